The SMILES string of the molecule is CCCc1cc(=O)[nH]c(Sc2cc(N)cc(F)c2)n1. The first-order valence-electron chi connectivity index (χ1n) is 5.91. The van der Waals surface area contributed by atoms with Crippen LogP contribution in [-0.4, -0.2) is 9.97 Å². The van der Waals surface area contributed by atoms with Crippen LogP contribution in [0.3, 0.4) is 0 Å². The molecule has 0 radical (unpaired) electrons. The number of nitrogens with one attached hydrogen (secondary N) is 1. The first-order chi connectivity index (χ1) is 9.06. The van der Waals surface area contributed by atoms with Gasteiger partial charge >= 0.3 is 0 Å². The molecule has 1 heterocycles. The zero-order valence-electron chi connectivity index (χ0n) is 10.4. The van der Waals surface area contributed by atoms with Gasteiger partial charge in [-0.1, -0.05) is 25.1 Å². The number of rotatable bonds is 4. The van der Waals surface area contributed by atoms with E-state index >= 15 is 0 Å². The monoisotopic (exact) mass is 279 g/mol. The summed E-state index contributed by atoms with van der Waals surface area (Å²) in [5.74, 6) is -0.408. The molecule has 100 valence electrons. The van der Waals surface area contributed by atoms with Gasteiger partial charge in [-0.15, -0.1) is 0 Å². The molecule has 0 atom stereocenters. The van der Waals surface area contributed by atoms with Crippen molar-refractivity contribution in [2.24, 2.45) is 0 Å². The lowest BCUT2D eigenvalue weighted by molar-refractivity contribution is 0.625. The van der Waals surface area contributed by atoms with Gasteiger partial charge in [0.25, 0.3) is 5.56 Å². The van der Waals surface area contributed by atoms with Gasteiger partial charge in [-0.25, -0.2) is 9.37 Å². The molecule has 0 spiro atoms. The second-order valence-corrected chi connectivity index (χ2v) is 5.18. The fraction of sp³-hybridized carbons (Fsp3) is 0.231. The highest BCUT2D eigenvalue weighted by Gasteiger charge is 2.05. The second kappa shape index (κ2) is 5.88. The molecule has 0 fully saturated rings. The van der Waals surface area contributed by atoms with Gasteiger partial charge in [0.1, 0.15) is 5.82 Å². The number of aryl methyl sites for hydroxylation is 1. The normalized spacial score (nSPS) is 10.6. The number of hydrogen-bond donors (Lipinski definition) is 2. The maximum atomic E-state index is 13.2. The standard InChI is InChI=1S/C13H14FN3OS/c1-2-3-10-7-12(18)17-13(16-10)19-11-5-8(14)4-9(15)6-11/h4-7H,2-3,15H2,1H3,(H,16,17,18). The summed E-state index contributed by atoms with van der Waals surface area (Å²) in [4.78, 5) is 19.1. The number of aromatic nitrogens is 2. The highest BCUT2D eigenvalue weighted by Crippen LogP contribution is 2.26. The molecule has 0 unspecified atom stereocenters. The van der Waals surface area contributed by atoms with Crippen molar-refractivity contribution >= 4 is 17.4 Å². The molecular weight excluding hydrogens is 265 g/mol. The van der Waals surface area contributed by atoms with E-state index in [4.69, 9.17) is 5.73 Å². The van der Waals surface area contributed by atoms with Crippen LogP contribution in [-0.2, 0) is 6.42 Å². The highest BCUT2D eigenvalue weighted by molar-refractivity contribution is 7.99. The summed E-state index contributed by atoms with van der Waals surface area (Å²) in [5.41, 5.74) is 6.45. The van der Waals surface area contributed by atoms with Crippen LogP contribution in [0, 0.1) is 5.82 Å². The molecule has 0 bridgehead atoms. The van der Waals surface area contributed by atoms with E-state index in [1.807, 2.05) is 6.92 Å². The van der Waals surface area contributed by atoms with Crippen molar-refractivity contribution in [1.29, 1.82) is 0 Å². The largest absolute Gasteiger partial charge is 0.399 e. The van der Waals surface area contributed by atoms with Crippen LogP contribution in [0.2, 0.25) is 0 Å². The Kier molecular flexibility index (Phi) is 4.21. The Hall–Kier alpha value is -1.82. The Morgan fingerprint density at radius 2 is 2.16 bits per heavy atom. The van der Waals surface area contributed by atoms with Gasteiger partial charge in [-0.3, -0.25) is 4.79 Å². The van der Waals surface area contributed by atoms with Gasteiger partial charge < -0.3 is 10.7 Å². The number of benzene rings is 1. The van der Waals surface area contributed by atoms with Gasteiger partial charge in [0.05, 0.1) is 0 Å². The molecule has 0 saturated carbocycles. The number of nitrogen functional groups attached to an aromatic ring is 1. The Morgan fingerprint density at radius 3 is 2.84 bits per heavy atom. The third-order valence-electron chi connectivity index (χ3n) is 2.39. The van der Waals surface area contributed by atoms with Gasteiger partial charge in [0, 0.05) is 22.3 Å². The number of hydrogen-bond acceptors (Lipinski definition) is 4. The molecule has 2 aromatic rings. The molecule has 3 N–H and O–H groups in total. The first-order valence-corrected chi connectivity index (χ1v) is 6.72. The molecule has 6 heteroatoms. The van der Waals surface area contributed by atoms with E-state index in [1.165, 1.54) is 30.0 Å². The van der Waals surface area contributed by atoms with Crippen LogP contribution in [0.25, 0.3) is 0 Å². The lowest BCUT2D eigenvalue weighted by Gasteiger charge is -2.04. The average molecular weight is 279 g/mol. The Bertz CT molecular complexity index is 622. The van der Waals surface area contributed by atoms with Crippen molar-refractivity contribution in [2.75, 3.05) is 5.73 Å². The van der Waals surface area contributed by atoms with Crippen molar-refractivity contribution in [1.82, 2.24) is 9.97 Å². The number of aromatic amines is 1. The van der Waals surface area contributed by atoms with Crippen molar-refractivity contribution in [3.63, 3.8) is 0 Å². The molecule has 2 rings (SSSR count). The van der Waals surface area contributed by atoms with E-state index < -0.39 is 5.82 Å². The van der Waals surface area contributed by atoms with Crippen molar-refractivity contribution in [3.05, 3.63) is 46.1 Å². The van der Waals surface area contributed by atoms with E-state index in [9.17, 15) is 9.18 Å². The van der Waals surface area contributed by atoms with Crippen LogP contribution < -0.4 is 11.3 Å². The fourth-order valence-corrected chi connectivity index (χ4v) is 2.58. The number of halogens is 1. The minimum atomic E-state index is -0.408. The topological polar surface area (TPSA) is 71.8 Å². The van der Waals surface area contributed by atoms with Gasteiger partial charge in [0.15, 0.2) is 5.16 Å². The summed E-state index contributed by atoms with van der Waals surface area (Å²) in [7, 11) is 0. The van der Waals surface area contributed by atoms with Crippen molar-refractivity contribution in [3.8, 4) is 0 Å². The molecule has 0 aliphatic rings. The third-order valence-corrected chi connectivity index (χ3v) is 3.25. The van der Waals surface area contributed by atoms with Crippen molar-refractivity contribution in [2.45, 2.75) is 29.8 Å². The van der Waals surface area contributed by atoms with Crippen LogP contribution in [0.15, 0.2) is 39.1 Å². The first kappa shape index (κ1) is 13.6. The smallest absolute Gasteiger partial charge is 0.251 e. The average Bonchev–Trinajstić information content (AvgIpc) is 2.26. The minimum Gasteiger partial charge on any atom is -0.399 e. The van der Waals surface area contributed by atoms with E-state index in [1.54, 1.807) is 6.07 Å². The Morgan fingerprint density at radius 1 is 1.37 bits per heavy atom. The summed E-state index contributed by atoms with van der Waals surface area (Å²) in [6.45, 7) is 2.02. The summed E-state index contributed by atoms with van der Waals surface area (Å²) < 4.78 is 13.2. The number of H-pyrrole nitrogens is 1. The van der Waals surface area contributed by atoms with Gasteiger partial charge in [-0.2, -0.15) is 0 Å². The lowest BCUT2D eigenvalue weighted by Crippen LogP contribution is -2.09. The predicted octanol–water partition coefficient (Wildman–Crippen LogP) is 2.59. The minimum absolute atomic E-state index is 0.203. The molecule has 0 aliphatic heterocycles. The van der Waals surface area contributed by atoms with E-state index in [0.717, 1.165) is 18.5 Å². The van der Waals surface area contributed by atoms with Crippen LogP contribution >= 0.6 is 11.8 Å². The molecule has 0 saturated heterocycles. The fourth-order valence-electron chi connectivity index (χ4n) is 1.67. The zero-order valence-corrected chi connectivity index (χ0v) is 11.3. The maximum Gasteiger partial charge on any atom is 0.251 e. The van der Waals surface area contributed by atoms with Crippen LogP contribution in [0.4, 0.5) is 10.1 Å². The maximum absolute atomic E-state index is 13.2. The quantitative estimate of drug-likeness (QED) is 0.666. The number of nitrogens with zero attached hydrogens (tertiary/aromatic N) is 1. The van der Waals surface area contributed by atoms with Gasteiger partial charge in [-0.05, 0) is 24.6 Å². The molecule has 0 amide bonds. The summed E-state index contributed by atoms with van der Waals surface area (Å²) in [5, 5.41) is 0.445. The number of anilines is 1. The van der Waals surface area contributed by atoms with Crippen molar-refractivity contribution < 1.29 is 4.39 Å². The summed E-state index contributed by atoms with van der Waals surface area (Å²) in [6.07, 6.45) is 1.65. The Labute approximate surface area is 114 Å². The van der Waals surface area contributed by atoms with Crippen LogP contribution in [0.1, 0.15) is 19.0 Å². The molecule has 1 aromatic heterocycles. The van der Waals surface area contributed by atoms with Crippen LogP contribution in [0.5, 0.6) is 0 Å². The van der Waals surface area contributed by atoms with E-state index in [-0.39, 0.29) is 5.56 Å². The van der Waals surface area contributed by atoms with E-state index in [2.05, 4.69) is 9.97 Å². The highest BCUT2D eigenvalue weighted by atomic mass is 32.2. The Balaban J connectivity index is 2.29. The molecule has 19 heavy (non-hydrogen) atoms. The summed E-state index contributed by atoms with van der Waals surface area (Å²) >= 11 is 1.18. The molecule has 1 aromatic carbocycles. The third kappa shape index (κ3) is 3.82. The lowest BCUT2D eigenvalue weighted by atomic mass is 10.2. The second-order valence-electron chi connectivity index (χ2n) is 4.11. The summed E-state index contributed by atoms with van der Waals surface area (Å²) in [6, 6.07) is 5.72. The molecule has 0 aliphatic carbocycles. The van der Waals surface area contributed by atoms with Gasteiger partial charge in [0.2, 0.25) is 0 Å². The van der Waals surface area contributed by atoms with E-state index in [0.29, 0.717) is 15.7 Å². The molecular formula is C13H14FN3OS. The number of nitrogens with two attached hydrogens (primary N) is 1. The zero-order chi connectivity index (χ0) is 13.8. The molecule has 4 nitrogen and oxygen atoms in total. The predicted molar refractivity (Wildman–Crippen MR) is 73.8 cm³/mol.